The molecule has 0 saturated carbocycles. The van der Waals surface area contributed by atoms with E-state index in [1.807, 2.05) is 0 Å². The molecule has 4 nitrogen and oxygen atoms in total. The molecule has 2 aromatic rings. The predicted octanol–water partition coefficient (Wildman–Crippen LogP) is 4.24. The fraction of sp³-hybridized carbons (Fsp3) is 0.0714. The van der Waals surface area contributed by atoms with E-state index in [-0.39, 0.29) is 5.69 Å². The van der Waals surface area contributed by atoms with Crippen LogP contribution in [-0.4, -0.2) is 13.1 Å². The molecule has 2 aromatic carbocycles. The van der Waals surface area contributed by atoms with Gasteiger partial charge in [-0.25, -0.2) is 9.18 Å². The molecule has 0 atom stereocenters. The first-order chi connectivity index (χ1) is 9.60. The van der Waals surface area contributed by atoms with Crippen molar-refractivity contribution in [2.75, 3.05) is 17.7 Å². The van der Waals surface area contributed by atoms with Crippen molar-refractivity contribution < 1.29 is 13.9 Å². The van der Waals surface area contributed by atoms with Gasteiger partial charge in [0.05, 0.1) is 18.5 Å². The third-order valence-electron chi connectivity index (χ3n) is 2.53. The Labute approximate surface area is 124 Å². The summed E-state index contributed by atoms with van der Waals surface area (Å²) in [6.07, 6.45) is 0. The molecule has 2 N–H and O–H groups in total. The number of nitrogens with one attached hydrogen (secondary N) is 2. The maximum Gasteiger partial charge on any atom is 0.323 e. The van der Waals surface area contributed by atoms with E-state index in [1.54, 1.807) is 30.3 Å². The highest BCUT2D eigenvalue weighted by Gasteiger charge is 2.10. The lowest BCUT2D eigenvalue weighted by Crippen LogP contribution is -2.20. The van der Waals surface area contributed by atoms with Crippen molar-refractivity contribution in [1.82, 2.24) is 0 Å². The van der Waals surface area contributed by atoms with E-state index in [0.717, 1.165) is 4.47 Å². The van der Waals surface area contributed by atoms with Gasteiger partial charge in [0.2, 0.25) is 0 Å². The molecule has 0 aliphatic heterocycles. The van der Waals surface area contributed by atoms with Gasteiger partial charge in [0.25, 0.3) is 0 Å². The van der Waals surface area contributed by atoms with Gasteiger partial charge in [0, 0.05) is 4.47 Å². The summed E-state index contributed by atoms with van der Waals surface area (Å²) in [4.78, 5) is 11.9. The number of hydrogen-bond acceptors (Lipinski definition) is 2. The summed E-state index contributed by atoms with van der Waals surface area (Å²) < 4.78 is 19.4. The molecule has 0 heterocycles. The summed E-state index contributed by atoms with van der Waals surface area (Å²) in [6, 6.07) is 10.6. The average Bonchev–Trinajstić information content (AvgIpc) is 2.41. The minimum atomic E-state index is -0.550. The number of methoxy groups -OCH3 is 1. The normalized spacial score (nSPS) is 9.95. The monoisotopic (exact) mass is 338 g/mol. The lowest BCUT2D eigenvalue weighted by molar-refractivity contribution is 0.262. The molecule has 0 fully saturated rings. The summed E-state index contributed by atoms with van der Waals surface area (Å²) in [5.74, 6) is 0.0146. The topological polar surface area (TPSA) is 50.4 Å². The first-order valence-corrected chi connectivity index (χ1v) is 6.55. The first-order valence-electron chi connectivity index (χ1n) is 5.76. The van der Waals surface area contributed by atoms with Crippen LogP contribution in [0.3, 0.4) is 0 Å². The Bertz CT molecular complexity index is 634. The Balaban J connectivity index is 2.12. The van der Waals surface area contributed by atoms with Crippen LogP contribution in [0.25, 0.3) is 0 Å². The maximum atomic E-state index is 13.4. The van der Waals surface area contributed by atoms with Crippen LogP contribution in [0.5, 0.6) is 5.75 Å². The molecule has 0 radical (unpaired) electrons. The largest absolute Gasteiger partial charge is 0.495 e. The Hall–Kier alpha value is -2.08. The summed E-state index contributed by atoms with van der Waals surface area (Å²) in [6.45, 7) is 0. The van der Waals surface area contributed by atoms with Crippen LogP contribution in [0.4, 0.5) is 20.6 Å². The zero-order chi connectivity index (χ0) is 14.5. The highest BCUT2D eigenvalue weighted by Crippen LogP contribution is 2.28. The van der Waals surface area contributed by atoms with Crippen LogP contribution in [0.15, 0.2) is 46.9 Å². The van der Waals surface area contributed by atoms with Gasteiger partial charge in [-0.1, -0.05) is 28.1 Å². The van der Waals surface area contributed by atoms with Gasteiger partial charge >= 0.3 is 6.03 Å². The number of ether oxygens (including phenoxy) is 1. The highest BCUT2D eigenvalue weighted by atomic mass is 79.9. The molecule has 0 aliphatic rings. The number of amides is 2. The number of benzene rings is 2. The molecule has 2 amide bonds. The number of anilines is 2. The third-order valence-corrected chi connectivity index (χ3v) is 3.03. The zero-order valence-corrected chi connectivity index (χ0v) is 12.2. The van der Waals surface area contributed by atoms with E-state index in [4.69, 9.17) is 4.74 Å². The summed E-state index contributed by atoms with van der Waals surface area (Å²) in [5.41, 5.74) is 0.592. The molecule has 0 aromatic heterocycles. The summed E-state index contributed by atoms with van der Waals surface area (Å²) in [5, 5.41) is 5.04. The van der Waals surface area contributed by atoms with Crippen molar-refractivity contribution in [2.24, 2.45) is 0 Å². The average molecular weight is 339 g/mol. The summed E-state index contributed by atoms with van der Waals surface area (Å²) in [7, 11) is 1.50. The van der Waals surface area contributed by atoms with Gasteiger partial charge < -0.3 is 15.4 Å². The quantitative estimate of drug-likeness (QED) is 0.879. The van der Waals surface area contributed by atoms with Gasteiger partial charge in [-0.3, -0.25) is 0 Å². The van der Waals surface area contributed by atoms with Crippen molar-refractivity contribution in [1.29, 1.82) is 0 Å². The molecule has 6 heteroatoms. The van der Waals surface area contributed by atoms with E-state index in [0.29, 0.717) is 11.4 Å². The zero-order valence-electron chi connectivity index (χ0n) is 10.6. The molecule has 20 heavy (non-hydrogen) atoms. The minimum Gasteiger partial charge on any atom is -0.495 e. The second-order valence-electron chi connectivity index (χ2n) is 3.90. The number of urea groups is 1. The molecule has 0 bridgehead atoms. The second kappa shape index (κ2) is 6.38. The smallest absolute Gasteiger partial charge is 0.323 e. The number of halogens is 2. The lowest BCUT2D eigenvalue weighted by Gasteiger charge is -2.11. The van der Waals surface area contributed by atoms with E-state index >= 15 is 0 Å². The van der Waals surface area contributed by atoms with Gasteiger partial charge in [0.1, 0.15) is 11.6 Å². The maximum absolute atomic E-state index is 13.4. The van der Waals surface area contributed by atoms with Crippen LogP contribution in [0.2, 0.25) is 0 Å². The highest BCUT2D eigenvalue weighted by molar-refractivity contribution is 9.10. The molecule has 2 rings (SSSR count). The third kappa shape index (κ3) is 3.48. The van der Waals surface area contributed by atoms with Crippen molar-refractivity contribution in [3.05, 3.63) is 52.8 Å². The fourth-order valence-electron chi connectivity index (χ4n) is 1.62. The van der Waals surface area contributed by atoms with Crippen LogP contribution in [0.1, 0.15) is 0 Å². The Morgan fingerprint density at radius 3 is 2.55 bits per heavy atom. The fourth-order valence-corrected chi connectivity index (χ4v) is 1.98. The Kier molecular flexibility index (Phi) is 4.57. The van der Waals surface area contributed by atoms with Gasteiger partial charge in [0.15, 0.2) is 0 Å². The van der Waals surface area contributed by atoms with Gasteiger partial charge in [-0.15, -0.1) is 0 Å². The standard InChI is InChI=1S/C14H12BrFN2O2/c1-20-13-7-6-9(15)8-12(13)18-14(19)17-11-5-3-2-4-10(11)16/h2-8H,1H3,(H2,17,18,19). The minimum absolute atomic E-state index is 0.110. The van der Waals surface area contributed by atoms with Crippen LogP contribution in [0, 0.1) is 5.82 Å². The van der Waals surface area contributed by atoms with Gasteiger partial charge in [-0.2, -0.15) is 0 Å². The molecule has 0 aliphatic carbocycles. The number of rotatable bonds is 3. The van der Waals surface area contributed by atoms with Crippen molar-refractivity contribution in [3.63, 3.8) is 0 Å². The van der Waals surface area contributed by atoms with Crippen LogP contribution < -0.4 is 15.4 Å². The number of hydrogen-bond donors (Lipinski definition) is 2. The van der Waals surface area contributed by atoms with E-state index < -0.39 is 11.8 Å². The first kappa shape index (κ1) is 14.3. The van der Waals surface area contributed by atoms with Crippen molar-refractivity contribution in [2.45, 2.75) is 0 Å². The molecule has 0 saturated heterocycles. The molecule has 0 spiro atoms. The SMILES string of the molecule is COc1ccc(Br)cc1NC(=O)Nc1ccccc1F. The van der Waals surface area contributed by atoms with E-state index in [9.17, 15) is 9.18 Å². The number of carbonyl (C=O) groups excluding carboxylic acids is 1. The summed E-state index contributed by atoms with van der Waals surface area (Å²) >= 11 is 3.31. The second-order valence-corrected chi connectivity index (χ2v) is 4.82. The van der Waals surface area contributed by atoms with Crippen molar-refractivity contribution in [3.8, 4) is 5.75 Å². The van der Waals surface area contributed by atoms with Crippen LogP contribution in [-0.2, 0) is 0 Å². The molecule has 0 unspecified atom stereocenters. The van der Waals surface area contributed by atoms with E-state index in [2.05, 4.69) is 26.6 Å². The predicted molar refractivity (Wildman–Crippen MR) is 79.7 cm³/mol. The molecular formula is C14H12BrFN2O2. The lowest BCUT2D eigenvalue weighted by atomic mass is 10.3. The molecule has 104 valence electrons. The molecular weight excluding hydrogens is 327 g/mol. The Morgan fingerprint density at radius 2 is 1.85 bits per heavy atom. The Morgan fingerprint density at radius 1 is 1.15 bits per heavy atom. The van der Waals surface area contributed by atoms with E-state index in [1.165, 1.54) is 19.2 Å². The van der Waals surface area contributed by atoms with Crippen molar-refractivity contribution >= 4 is 33.3 Å². The number of carbonyl (C=O) groups is 1. The number of para-hydroxylation sites is 1. The van der Waals surface area contributed by atoms with Crippen LogP contribution >= 0.6 is 15.9 Å². The van der Waals surface area contributed by atoms with Gasteiger partial charge in [-0.05, 0) is 30.3 Å².